The lowest BCUT2D eigenvalue weighted by Gasteiger charge is -2.19. The van der Waals surface area contributed by atoms with Gasteiger partial charge in [-0.05, 0) is 30.9 Å². The second-order valence-electron chi connectivity index (χ2n) is 6.86. The van der Waals surface area contributed by atoms with Gasteiger partial charge in [0.15, 0.2) is 0 Å². The van der Waals surface area contributed by atoms with Crippen LogP contribution >= 0.6 is 0 Å². The van der Waals surface area contributed by atoms with Gasteiger partial charge in [0.25, 0.3) is 5.91 Å². The Morgan fingerprint density at radius 1 is 1.38 bits per heavy atom. The van der Waals surface area contributed by atoms with Gasteiger partial charge in [0.2, 0.25) is 0 Å². The van der Waals surface area contributed by atoms with Crippen LogP contribution in [0.15, 0.2) is 12.1 Å². The summed E-state index contributed by atoms with van der Waals surface area (Å²) in [6, 6.07) is 3.53. The molecule has 4 N–H and O–H groups in total. The Balaban J connectivity index is 2.00. The number of carbonyl (C=O) groups is 1. The van der Waals surface area contributed by atoms with Gasteiger partial charge in [-0.15, -0.1) is 0 Å². The first-order valence-corrected chi connectivity index (χ1v) is 7.67. The summed E-state index contributed by atoms with van der Waals surface area (Å²) in [5.74, 6) is 6.81. The van der Waals surface area contributed by atoms with Crippen molar-refractivity contribution in [2.45, 2.75) is 51.9 Å². The fourth-order valence-electron chi connectivity index (χ4n) is 2.22. The molecule has 5 heteroatoms. The molecule has 1 aliphatic carbocycles. The first-order valence-electron chi connectivity index (χ1n) is 7.67. The highest BCUT2D eigenvalue weighted by atomic mass is 16.1. The molecule has 5 nitrogen and oxygen atoms in total. The number of hydrogen-bond donors (Lipinski definition) is 3. The van der Waals surface area contributed by atoms with Gasteiger partial charge in [0.1, 0.15) is 5.82 Å². The predicted octanol–water partition coefficient (Wildman–Crippen LogP) is 2.58. The first-order chi connectivity index (χ1) is 9.90. The molecule has 21 heavy (non-hydrogen) atoms. The molecule has 0 aromatic carbocycles. The molecule has 1 fully saturated rings. The standard InChI is InChI=1S/C16H26N4O/c1-16(2,3)13-9-12(10-14(19-13)20-17)15(21)18-8-4-5-11-6-7-11/h9-11H,4-8,17H2,1-3H3,(H,18,21)(H,19,20). The van der Waals surface area contributed by atoms with Crippen molar-refractivity contribution in [3.63, 3.8) is 0 Å². The van der Waals surface area contributed by atoms with E-state index in [0.29, 0.717) is 11.4 Å². The second-order valence-corrected chi connectivity index (χ2v) is 6.86. The van der Waals surface area contributed by atoms with E-state index in [1.165, 1.54) is 19.3 Å². The van der Waals surface area contributed by atoms with Crippen molar-refractivity contribution in [3.05, 3.63) is 23.4 Å². The van der Waals surface area contributed by atoms with Crippen LogP contribution in [0.4, 0.5) is 5.82 Å². The molecule has 0 unspecified atom stereocenters. The van der Waals surface area contributed by atoms with E-state index in [1.807, 2.05) is 6.07 Å². The third kappa shape index (κ3) is 4.70. The summed E-state index contributed by atoms with van der Waals surface area (Å²) >= 11 is 0. The number of rotatable bonds is 6. The third-order valence-corrected chi connectivity index (χ3v) is 3.78. The second kappa shape index (κ2) is 6.43. The van der Waals surface area contributed by atoms with Crippen molar-refractivity contribution in [3.8, 4) is 0 Å². The fraction of sp³-hybridized carbons (Fsp3) is 0.625. The maximum absolute atomic E-state index is 12.2. The van der Waals surface area contributed by atoms with Crippen LogP contribution in [-0.4, -0.2) is 17.4 Å². The van der Waals surface area contributed by atoms with E-state index in [1.54, 1.807) is 6.07 Å². The van der Waals surface area contributed by atoms with Crippen molar-refractivity contribution in [2.24, 2.45) is 11.8 Å². The van der Waals surface area contributed by atoms with E-state index in [-0.39, 0.29) is 11.3 Å². The van der Waals surface area contributed by atoms with Crippen LogP contribution in [0, 0.1) is 5.92 Å². The van der Waals surface area contributed by atoms with Crippen LogP contribution in [0.25, 0.3) is 0 Å². The number of nitrogens with two attached hydrogens (primary N) is 1. The number of aromatic nitrogens is 1. The highest BCUT2D eigenvalue weighted by Crippen LogP contribution is 2.33. The molecule has 116 valence electrons. The van der Waals surface area contributed by atoms with Crippen LogP contribution < -0.4 is 16.6 Å². The van der Waals surface area contributed by atoms with Gasteiger partial charge in [-0.3, -0.25) is 4.79 Å². The molecule has 1 aromatic rings. The van der Waals surface area contributed by atoms with Gasteiger partial charge >= 0.3 is 0 Å². The molecule has 0 radical (unpaired) electrons. The van der Waals surface area contributed by atoms with Gasteiger partial charge in [0.05, 0.1) is 0 Å². The molecule has 0 aliphatic heterocycles. The highest BCUT2D eigenvalue weighted by Gasteiger charge is 2.21. The van der Waals surface area contributed by atoms with Crippen LogP contribution in [0.5, 0.6) is 0 Å². The van der Waals surface area contributed by atoms with Crippen molar-refractivity contribution in [2.75, 3.05) is 12.0 Å². The zero-order valence-electron chi connectivity index (χ0n) is 13.2. The number of amides is 1. The SMILES string of the molecule is CC(C)(C)c1cc(C(=O)NCCCC2CC2)cc(NN)n1. The van der Waals surface area contributed by atoms with Crippen LogP contribution in [0.1, 0.15) is 62.5 Å². The number of nitrogen functional groups attached to an aromatic ring is 1. The molecule has 1 saturated carbocycles. The molecule has 1 aliphatic rings. The van der Waals surface area contributed by atoms with E-state index < -0.39 is 0 Å². The lowest BCUT2D eigenvalue weighted by atomic mass is 9.90. The molecular weight excluding hydrogens is 264 g/mol. The number of pyridine rings is 1. The number of nitrogens with zero attached hydrogens (tertiary/aromatic N) is 1. The normalized spacial score (nSPS) is 14.9. The fourth-order valence-corrected chi connectivity index (χ4v) is 2.22. The van der Waals surface area contributed by atoms with Gasteiger partial charge in [-0.25, -0.2) is 10.8 Å². The number of hydrazine groups is 1. The quantitative estimate of drug-likeness (QED) is 0.427. The zero-order chi connectivity index (χ0) is 15.5. The molecule has 0 saturated heterocycles. The van der Waals surface area contributed by atoms with Crippen molar-refractivity contribution < 1.29 is 4.79 Å². The summed E-state index contributed by atoms with van der Waals surface area (Å²) < 4.78 is 0. The van der Waals surface area contributed by atoms with E-state index in [9.17, 15) is 4.79 Å². The summed E-state index contributed by atoms with van der Waals surface area (Å²) in [4.78, 5) is 16.7. The average molecular weight is 290 g/mol. The molecule has 0 spiro atoms. The zero-order valence-corrected chi connectivity index (χ0v) is 13.2. The predicted molar refractivity (Wildman–Crippen MR) is 85.0 cm³/mol. The summed E-state index contributed by atoms with van der Waals surface area (Å²) in [6.07, 6.45) is 4.99. The highest BCUT2D eigenvalue weighted by molar-refractivity contribution is 5.95. The number of anilines is 1. The molecule has 1 heterocycles. The van der Waals surface area contributed by atoms with E-state index in [2.05, 4.69) is 36.5 Å². The Morgan fingerprint density at radius 3 is 2.67 bits per heavy atom. The van der Waals surface area contributed by atoms with Crippen molar-refractivity contribution in [1.82, 2.24) is 10.3 Å². The maximum atomic E-state index is 12.2. The molecule has 0 atom stereocenters. The van der Waals surface area contributed by atoms with Crippen LogP contribution in [-0.2, 0) is 5.41 Å². The van der Waals surface area contributed by atoms with E-state index in [4.69, 9.17) is 5.84 Å². The summed E-state index contributed by atoms with van der Waals surface area (Å²) in [6.45, 7) is 6.92. The minimum Gasteiger partial charge on any atom is -0.352 e. The Bertz CT molecular complexity index is 503. The number of nitrogens with one attached hydrogen (secondary N) is 2. The lowest BCUT2D eigenvalue weighted by molar-refractivity contribution is 0.0952. The molecular formula is C16H26N4O. The summed E-state index contributed by atoms with van der Waals surface area (Å²) in [5, 5.41) is 2.98. The third-order valence-electron chi connectivity index (χ3n) is 3.78. The van der Waals surface area contributed by atoms with Gasteiger partial charge in [0, 0.05) is 23.2 Å². The smallest absolute Gasteiger partial charge is 0.251 e. The van der Waals surface area contributed by atoms with Crippen molar-refractivity contribution >= 4 is 11.7 Å². The van der Waals surface area contributed by atoms with Crippen molar-refractivity contribution in [1.29, 1.82) is 0 Å². The lowest BCUT2D eigenvalue weighted by Crippen LogP contribution is -2.26. The Labute approximate surface area is 126 Å². The minimum absolute atomic E-state index is 0.0600. The molecule has 2 rings (SSSR count). The minimum atomic E-state index is -0.131. The summed E-state index contributed by atoms with van der Waals surface area (Å²) in [7, 11) is 0. The largest absolute Gasteiger partial charge is 0.352 e. The van der Waals surface area contributed by atoms with Crippen LogP contribution in [0.2, 0.25) is 0 Å². The number of carbonyl (C=O) groups excluding carboxylic acids is 1. The monoisotopic (exact) mass is 290 g/mol. The Kier molecular flexibility index (Phi) is 4.83. The average Bonchev–Trinajstić information content (AvgIpc) is 3.26. The van der Waals surface area contributed by atoms with Gasteiger partial charge < -0.3 is 10.7 Å². The summed E-state index contributed by atoms with van der Waals surface area (Å²) in [5.41, 5.74) is 3.86. The van der Waals surface area contributed by atoms with Crippen LogP contribution in [0.3, 0.4) is 0 Å². The topological polar surface area (TPSA) is 80.0 Å². The van der Waals surface area contributed by atoms with Gasteiger partial charge in [-0.1, -0.05) is 33.6 Å². The molecule has 1 aromatic heterocycles. The molecule has 0 bridgehead atoms. The Hall–Kier alpha value is -1.62. The van der Waals surface area contributed by atoms with E-state index >= 15 is 0 Å². The van der Waals surface area contributed by atoms with Gasteiger partial charge in [-0.2, -0.15) is 0 Å². The molecule has 1 amide bonds. The van der Waals surface area contributed by atoms with E-state index in [0.717, 1.165) is 24.6 Å². The number of hydrogen-bond acceptors (Lipinski definition) is 4. The first kappa shape index (κ1) is 15.8. The maximum Gasteiger partial charge on any atom is 0.251 e. The Morgan fingerprint density at radius 2 is 2.10 bits per heavy atom.